The Morgan fingerprint density at radius 3 is 2.68 bits per heavy atom. The van der Waals surface area contributed by atoms with Crippen LogP contribution in [-0.4, -0.2) is 5.24 Å². The summed E-state index contributed by atoms with van der Waals surface area (Å²) in [6.45, 7) is 0.135. The van der Waals surface area contributed by atoms with Crippen molar-refractivity contribution in [3.63, 3.8) is 0 Å². The van der Waals surface area contributed by atoms with E-state index in [0.29, 0.717) is 16.3 Å². The van der Waals surface area contributed by atoms with E-state index >= 15 is 0 Å². The number of halogens is 3. The zero-order chi connectivity index (χ0) is 13.8. The summed E-state index contributed by atoms with van der Waals surface area (Å²) in [4.78, 5) is 11.3. The molecular formula is C14H9Cl2FO2. The summed E-state index contributed by atoms with van der Waals surface area (Å²) in [5, 5.41) is -0.265. The summed E-state index contributed by atoms with van der Waals surface area (Å²) in [6, 6.07) is 10.6. The topological polar surface area (TPSA) is 26.3 Å². The van der Waals surface area contributed by atoms with Gasteiger partial charge in [-0.25, -0.2) is 4.39 Å². The number of ether oxygens (including phenoxy) is 1. The van der Waals surface area contributed by atoms with Gasteiger partial charge in [-0.3, -0.25) is 4.79 Å². The van der Waals surface area contributed by atoms with Crippen LogP contribution in [0.25, 0.3) is 0 Å². The first-order valence-corrected chi connectivity index (χ1v) is 6.18. The molecule has 0 saturated carbocycles. The second kappa shape index (κ2) is 6.04. The molecule has 2 rings (SSSR count). The summed E-state index contributed by atoms with van der Waals surface area (Å²) < 4.78 is 18.5. The highest BCUT2D eigenvalue weighted by molar-refractivity contribution is 6.68. The molecule has 0 radical (unpaired) electrons. The predicted octanol–water partition coefficient (Wildman–Crippen LogP) is 4.44. The van der Waals surface area contributed by atoms with Gasteiger partial charge < -0.3 is 4.74 Å². The first-order valence-electron chi connectivity index (χ1n) is 5.43. The third-order valence-corrected chi connectivity index (χ3v) is 2.88. The average Bonchev–Trinajstić information content (AvgIpc) is 2.37. The highest BCUT2D eigenvalue weighted by Crippen LogP contribution is 2.25. The van der Waals surface area contributed by atoms with Crippen molar-refractivity contribution in [3.05, 3.63) is 64.4 Å². The number of benzene rings is 2. The Morgan fingerprint density at radius 2 is 2.00 bits per heavy atom. The first-order chi connectivity index (χ1) is 9.06. The van der Waals surface area contributed by atoms with Gasteiger partial charge in [0.1, 0.15) is 18.2 Å². The maximum absolute atomic E-state index is 13.0. The van der Waals surface area contributed by atoms with Gasteiger partial charge in [-0.2, -0.15) is 0 Å². The number of hydrogen-bond acceptors (Lipinski definition) is 2. The van der Waals surface area contributed by atoms with Crippen LogP contribution in [0, 0.1) is 5.82 Å². The summed E-state index contributed by atoms with van der Waals surface area (Å²) >= 11 is 11.2. The Balaban J connectivity index is 2.17. The lowest BCUT2D eigenvalue weighted by Gasteiger charge is -2.09. The molecule has 2 aromatic carbocycles. The molecule has 0 aliphatic heterocycles. The van der Waals surface area contributed by atoms with E-state index in [9.17, 15) is 9.18 Å². The smallest absolute Gasteiger partial charge is 0.256 e. The average molecular weight is 299 g/mol. The largest absolute Gasteiger partial charge is 0.488 e. The van der Waals surface area contributed by atoms with Crippen molar-refractivity contribution in [1.82, 2.24) is 0 Å². The minimum atomic E-state index is -0.656. The molecule has 0 bridgehead atoms. The van der Waals surface area contributed by atoms with Crippen molar-refractivity contribution in [2.24, 2.45) is 0 Å². The van der Waals surface area contributed by atoms with Crippen LogP contribution in [0.2, 0.25) is 5.02 Å². The molecule has 0 atom stereocenters. The van der Waals surface area contributed by atoms with Crippen molar-refractivity contribution in [2.45, 2.75) is 6.61 Å². The molecule has 5 heteroatoms. The number of carbonyl (C=O) groups excluding carboxylic acids is 1. The summed E-state index contributed by atoms with van der Waals surface area (Å²) in [5.41, 5.74) is 0.841. The molecule has 19 heavy (non-hydrogen) atoms. The molecule has 0 aromatic heterocycles. The van der Waals surface area contributed by atoms with Crippen molar-refractivity contribution >= 4 is 28.4 Å². The van der Waals surface area contributed by atoms with E-state index in [2.05, 4.69) is 0 Å². The van der Waals surface area contributed by atoms with Crippen LogP contribution in [0.4, 0.5) is 4.39 Å². The molecule has 0 aliphatic carbocycles. The van der Waals surface area contributed by atoms with Gasteiger partial charge in [-0.05, 0) is 47.5 Å². The van der Waals surface area contributed by atoms with E-state index in [0.717, 1.165) is 0 Å². The first kappa shape index (κ1) is 13.8. The number of rotatable bonds is 4. The molecule has 0 unspecified atom stereocenters. The minimum Gasteiger partial charge on any atom is -0.488 e. The summed E-state index contributed by atoms with van der Waals surface area (Å²) in [6.07, 6.45) is 0. The second-order valence-corrected chi connectivity index (χ2v) is 4.61. The Morgan fingerprint density at radius 1 is 1.21 bits per heavy atom. The Kier molecular flexibility index (Phi) is 4.40. The van der Waals surface area contributed by atoms with Crippen LogP contribution < -0.4 is 4.74 Å². The number of carbonyl (C=O) groups is 1. The highest BCUT2D eigenvalue weighted by Gasteiger charge is 2.11. The van der Waals surface area contributed by atoms with Gasteiger partial charge in [0.15, 0.2) is 0 Å². The van der Waals surface area contributed by atoms with Gasteiger partial charge in [-0.15, -0.1) is 0 Å². The molecular weight excluding hydrogens is 290 g/mol. The monoisotopic (exact) mass is 298 g/mol. The molecule has 0 fully saturated rings. The van der Waals surface area contributed by atoms with Gasteiger partial charge in [0.05, 0.1) is 5.56 Å². The molecule has 0 N–H and O–H groups in total. The Labute approximate surface area is 119 Å². The Hall–Kier alpha value is -1.58. The SMILES string of the molecule is O=C(Cl)c1cc(Cl)ccc1OCc1cccc(F)c1. The fourth-order valence-corrected chi connectivity index (χ4v) is 1.89. The number of hydrogen-bond donors (Lipinski definition) is 0. The highest BCUT2D eigenvalue weighted by atomic mass is 35.5. The summed E-state index contributed by atoms with van der Waals surface area (Å²) in [5.74, 6) is -0.0282. The molecule has 2 nitrogen and oxygen atoms in total. The van der Waals surface area contributed by atoms with Gasteiger partial charge in [0.25, 0.3) is 5.24 Å². The minimum absolute atomic E-state index is 0.135. The lowest BCUT2D eigenvalue weighted by atomic mass is 10.2. The molecule has 0 heterocycles. The van der Waals surface area contributed by atoms with Crippen LogP contribution in [0.1, 0.15) is 15.9 Å². The molecule has 0 amide bonds. The van der Waals surface area contributed by atoms with Crippen LogP contribution in [0.15, 0.2) is 42.5 Å². The van der Waals surface area contributed by atoms with Crippen molar-refractivity contribution < 1.29 is 13.9 Å². The lowest BCUT2D eigenvalue weighted by Crippen LogP contribution is -2.00. The third-order valence-electron chi connectivity index (χ3n) is 2.44. The fourth-order valence-electron chi connectivity index (χ4n) is 1.57. The predicted molar refractivity (Wildman–Crippen MR) is 72.4 cm³/mol. The van der Waals surface area contributed by atoms with Gasteiger partial charge >= 0.3 is 0 Å². The van der Waals surface area contributed by atoms with Crippen molar-refractivity contribution in [2.75, 3.05) is 0 Å². The molecule has 0 spiro atoms. The lowest BCUT2D eigenvalue weighted by molar-refractivity contribution is 0.107. The van der Waals surface area contributed by atoms with E-state index in [-0.39, 0.29) is 18.0 Å². The molecule has 2 aromatic rings. The van der Waals surface area contributed by atoms with Crippen LogP contribution in [-0.2, 0) is 6.61 Å². The fraction of sp³-hybridized carbons (Fsp3) is 0.0714. The normalized spacial score (nSPS) is 10.3. The molecule has 98 valence electrons. The Bertz CT molecular complexity index is 614. The quantitative estimate of drug-likeness (QED) is 0.780. The van der Waals surface area contributed by atoms with E-state index in [1.165, 1.54) is 18.2 Å². The van der Waals surface area contributed by atoms with E-state index < -0.39 is 5.24 Å². The van der Waals surface area contributed by atoms with Crippen LogP contribution >= 0.6 is 23.2 Å². The van der Waals surface area contributed by atoms with Crippen LogP contribution in [0.3, 0.4) is 0 Å². The van der Waals surface area contributed by atoms with E-state index in [1.54, 1.807) is 24.3 Å². The maximum Gasteiger partial charge on any atom is 0.256 e. The van der Waals surface area contributed by atoms with Crippen molar-refractivity contribution in [1.29, 1.82) is 0 Å². The van der Waals surface area contributed by atoms with E-state index in [1.807, 2.05) is 0 Å². The molecule has 0 saturated heterocycles. The van der Waals surface area contributed by atoms with Gasteiger partial charge in [0, 0.05) is 5.02 Å². The van der Waals surface area contributed by atoms with Gasteiger partial charge in [-0.1, -0.05) is 23.7 Å². The van der Waals surface area contributed by atoms with Crippen LogP contribution in [0.5, 0.6) is 5.75 Å². The van der Waals surface area contributed by atoms with Gasteiger partial charge in [0.2, 0.25) is 0 Å². The maximum atomic E-state index is 13.0. The molecule has 0 aliphatic rings. The van der Waals surface area contributed by atoms with E-state index in [4.69, 9.17) is 27.9 Å². The zero-order valence-electron chi connectivity index (χ0n) is 9.70. The second-order valence-electron chi connectivity index (χ2n) is 3.83. The standard InChI is InChI=1S/C14H9Cl2FO2/c15-10-4-5-13(12(7-10)14(16)18)19-8-9-2-1-3-11(17)6-9/h1-7H,8H2. The summed E-state index contributed by atoms with van der Waals surface area (Å²) in [7, 11) is 0. The van der Waals surface area contributed by atoms with Crippen molar-refractivity contribution in [3.8, 4) is 5.75 Å². The zero-order valence-corrected chi connectivity index (χ0v) is 11.2. The third kappa shape index (κ3) is 3.69.